The quantitative estimate of drug-likeness (QED) is 0.585. The van der Waals surface area contributed by atoms with E-state index in [0.717, 1.165) is 37.7 Å². The second-order valence-electron chi connectivity index (χ2n) is 8.75. The van der Waals surface area contributed by atoms with E-state index in [2.05, 4.69) is 14.9 Å². The second-order valence-corrected chi connectivity index (χ2v) is 8.75. The lowest BCUT2D eigenvalue weighted by Crippen LogP contribution is -2.44. The highest BCUT2D eigenvalue weighted by atomic mass is 19.4. The number of carbonyl (C=O) groups is 1. The van der Waals surface area contributed by atoms with E-state index in [1.165, 1.54) is 4.90 Å². The van der Waals surface area contributed by atoms with Crippen molar-refractivity contribution in [2.24, 2.45) is 0 Å². The summed E-state index contributed by atoms with van der Waals surface area (Å²) >= 11 is 0. The van der Waals surface area contributed by atoms with E-state index in [4.69, 9.17) is 4.74 Å². The SMILES string of the molecule is CN1CCN(c2cc3n(n2)CCCN(C(=O)OCc2cc(C(F)(F)F)cc(C(F)(F)F)c2)C3)CC1. The first-order valence-corrected chi connectivity index (χ1v) is 11.1. The molecule has 4 rings (SSSR count). The van der Waals surface area contributed by atoms with Gasteiger partial charge in [-0.2, -0.15) is 31.4 Å². The Morgan fingerprint density at radius 1 is 0.914 bits per heavy atom. The molecular formula is C22H25F6N5O2. The van der Waals surface area contributed by atoms with Crippen LogP contribution in [0.5, 0.6) is 0 Å². The van der Waals surface area contributed by atoms with E-state index in [9.17, 15) is 31.1 Å². The zero-order valence-electron chi connectivity index (χ0n) is 19.0. The lowest BCUT2D eigenvalue weighted by Gasteiger charge is -2.32. The van der Waals surface area contributed by atoms with Crippen molar-refractivity contribution >= 4 is 11.9 Å². The van der Waals surface area contributed by atoms with Crippen molar-refractivity contribution in [1.29, 1.82) is 0 Å². The number of carbonyl (C=O) groups excluding carboxylic acids is 1. The van der Waals surface area contributed by atoms with Crippen LogP contribution in [-0.2, 0) is 36.8 Å². The molecule has 7 nitrogen and oxygen atoms in total. The molecule has 1 aromatic carbocycles. The molecule has 1 amide bonds. The van der Waals surface area contributed by atoms with Crippen molar-refractivity contribution in [3.63, 3.8) is 0 Å². The molecule has 0 aliphatic carbocycles. The van der Waals surface area contributed by atoms with Gasteiger partial charge in [0.05, 0.1) is 23.4 Å². The van der Waals surface area contributed by atoms with Crippen molar-refractivity contribution in [3.05, 3.63) is 46.6 Å². The number of rotatable bonds is 3. The average Bonchev–Trinajstić information content (AvgIpc) is 3.07. The van der Waals surface area contributed by atoms with Gasteiger partial charge in [-0.3, -0.25) is 4.68 Å². The fourth-order valence-electron chi connectivity index (χ4n) is 4.13. The molecule has 1 saturated heterocycles. The van der Waals surface area contributed by atoms with Crippen LogP contribution >= 0.6 is 0 Å². The Morgan fingerprint density at radius 2 is 1.54 bits per heavy atom. The zero-order valence-corrected chi connectivity index (χ0v) is 19.0. The Morgan fingerprint density at radius 3 is 2.14 bits per heavy atom. The number of benzene rings is 1. The summed E-state index contributed by atoms with van der Waals surface area (Å²) in [4.78, 5) is 18.4. The number of fused-ring (bicyclic) bond motifs is 1. The van der Waals surface area contributed by atoms with Gasteiger partial charge in [0, 0.05) is 45.3 Å². The molecular weight excluding hydrogens is 480 g/mol. The molecule has 0 bridgehead atoms. The van der Waals surface area contributed by atoms with Crippen molar-refractivity contribution in [2.45, 2.75) is 38.5 Å². The van der Waals surface area contributed by atoms with Crippen LogP contribution < -0.4 is 4.90 Å². The normalized spacial score (nSPS) is 17.8. The van der Waals surface area contributed by atoms with E-state index in [1.54, 1.807) is 0 Å². The molecule has 1 fully saturated rings. The number of likely N-dealkylation sites (N-methyl/N-ethyl adjacent to an activating group) is 1. The number of alkyl halides is 6. The molecule has 0 unspecified atom stereocenters. The van der Waals surface area contributed by atoms with Crippen LogP contribution in [-0.4, -0.2) is 65.4 Å². The van der Waals surface area contributed by atoms with Crippen LogP contribution in [0.3, 0.4) is 0 Å². The van der Waals surface area contributed by atoms with Gasteiger partial charge in [-0.25, -0.2) is 4.79 Å². The number of piperazine rings is 1. The Balaban J connectivity index is 1.44. The lowest BCUT2D eigenvalue weighted by atomic mass is 10.1. The van der Waals surface area contributed by atoms with Crippen LogP contribution in [0, 0.1) is 0 Å². The van der Waals surface area contributed by atoms with E-state index in [1.807, 2.05) is 17.8 Å². The van der Waals surface area contributed by atoms with Crippen molar-refractivity contribution in [3.8, 4) is 0 Å². The van der Waals surface area contributed by atoms with Crippen molar-refractivity contribution < 1.29 is 35.9 Å². The van der Waals surface area contributed by atoms with Crippen LogP contribution in [0.15, 0.2) is 24.3 Å². The van der Waals surface area contributed by atoms with E-state index >= 15 is 0 Å². The minimum Gasteiger partial charge on any atom is -0.445 e. The van der Waals surface area contributed by atoms with Gasteiger partial charge in [-0.15, -0.1) is 0 Å². The number of aryl methyl sites for hydroxylation is 1. The van der Waals surface area contributed by atoms with Crippen molar-refractivity contribution in [1.82, 2.24) is 19.6 Å². The van der Waals surface area contributed by atoms with Gasteiger partial charge >= 0.3 is 18.4 Å². The highest BCUT2D eigenvalue weighted by Crippen LogP contribution is 2.36. The molecule has 1 aromatic heterocycles. The summed E-state index contributed by atoms with van der Waals surface area (Å²) in [7, 11) is 2.05. The molecule has 13 heteroatoms. The standard InChI is InChI=1S/C22H25F6N5O2/c1-30-5-7-31(8-6-30)19-12-18-13-32(3-2-4-33(18)29-19)20(34)35-14-15-9-16(21(23,24)25)11-17(10-15)22(26,27)28/h9-12H,2-8,13-14H2,1H3. The molecule has 0 saturated carbocycles. The van der Waals surface area contributed by atoms with Crippen LogP contribution in [0.4, 0.5) is 37.0 Å². The van der Waals surface area contributed by atoms with Gasteiger partial charge in [0.2, 0.25) is 0 Å². The number of ether oxygens (including phenoxy) is 1. The molecule has 0 spiro atoms. The smallest absolute Gasteiger partial charge is 0.416 e. The molecule has 2 aromatic rings. The molecule has 2 aliphatic heterocycles. The molecule has 192 valence electrons. The highest BCUT2D eigenvalue weighted by molar-refractivity contribution is 5.67. The van der Waals surface area contributed by atoms with E-state index in [0.29, 0.717) is 31.6 Å². The third-order valence-electron chi connectivity index (χ3n) is 6.10. The summed E-state index contributed by atoms with van der Waals surface area (Å²) in [5, 5.41) is 4.64. The van der Waals surface area contributed by atoms with Gasteiger partial charge in [-0.05, 0) is 37.2 Å². The van der Waals surface area contributed by atoms with Gasteiger partial charge in [0.1, 0.15) is 6.61 Å². The number of aromatic nitrogens is 2. The maximum atomic E-state index is 13.1. The molecule has 3 heterocycles. The Labute approximate surface area is 197 Å². The molecule has 0 radical (unpaired) electrons. The van der Waals surface area contributed by atoms with Gasteiger partial charge in [0.25, 0.3) is 0 Å². The lowest BCUT2D eigenvalue weighted by molar-refractivity contribution is -0.143. The number of hydrogen-bond acceptors (Lipinski definition) is 5. The summed E-state index contributed by atoms with van der Waals surface area (Å²) in [6, 6.07) is 3.06. The zero-order chi connectivity index (χ0) is 25.4. The van der Waals surface area contributed by atoms with Gasteiger partial charge < -0.3 is 19.4 Å². The highest BCUT2D eigenvalue weighted by Gasteiger charge is 2.37. The van der Waals surface area contributed by atoms with Crippen LogP contribution in [0.25, 0.3) is 0 Å². The summed E-state index contributed by atoms with van der Waals surface area (Å²) in [6.45, 7) is 3.84. The first kappa shape index (κ1) is 25.1. The number of anilines is 1. The Hall–Kier alpha value is -2.96. The Bertz CT molecular complexity index is 1030. The molecule has 0 atom stereocenters. The van der Waals surface area contributed by atoms with Crippen LogP contribution in [0.1, 0.15) is 28.8 Å². The maximum absolute atomic E-state index is 13.1. The number of halogens is 6. The number of amides is 1. The third-order valence-corrected chi connectivity index (χ3v) is 6.10. The fraction of sp³-hybridized carbons (Fsp3) is 0.545. The summed E-state index contributed by atoms with van der Waals surface area (Å²) in [6.07, 6.45) is -10.2. The van der Waals surface area contributed by atoms with Crippen molar-refractivity contribution in [2.75, 3.05) is 44.7 Å². The van der Waals surface area contributed by atoms with E-state index in [-0.39, 0.29) is 12.6 Å². The monoisotopic (exact) mass is 505 g/mol. The summed E-state index contributed by atoms with van der Waals surface area (Å²) in [5.41, 5.74) is -2.51. The first-order valence-electron chi connectivity index (χ1n) is 11.1. The molecule has 2 aliphatic rings. The van der Waals surface area contributed by atoms with Crippen LogP contribution in [0.2, 0.25) is 0 Å². The number of nitrogens with zero attached hydrogens (tertiary/aromatic N) is 5. The molecule has 0 N–H and O–H groups in total. The first-order chi connectivity index (χ1) is 16.4. The predicted molar refractivity (Wildman–Crippen MR) is 114 cm³/mol. The van der Waals surface area contributed by atoms with Gasteiger partial charge in [0.15, 0.2) is 5.82 Å². The maximum Gasteiger partial charge on any atom is 0.416 e. The van der Waals surface area contributed by atoms with E-state index < -0.39 is 41.7 Å². The third kappa shape index (κ3) is 6.00. The minimum atomic E-state index is -4.97. The summed E-state index contributed by atoms with van der Waals surface area (Å²) in [5.74, 6) is 0.812. The largest absolute Gasteiger partial charge is 0.445 e. The minimum absolute atomic E-state index is 0.0409. The number of hydrogen-bond donors (Lipinski definition) is 0. The fourth-order valence-corrected chi connectivity index (χ4v) is 4.13. The Kier molecular flexibility index (Phi) is 6.89. The summed E-state index contributed by atoms with van der Waals surface area (Å²) < 4.78 is 85.4. The second kappa shape index (κ2) is 9.59. The average molecular weight is 505 g/mol. The predicted octanol–water partition coefficient (Wildman–Crippen LogP) is 4.22. The topological polar surface area (TPSA) is 53.8 Å². The van der Waals surface area contributed by atoms with Gasteiger partial charge in [-0.1, -0.05) is 0 Å². The molecule has 35 heavy (non-hydrogen) atoms.